The number of aryl methyl sites for hydroxylation is 1. The van der Waals surface area contributed by atoms with Gasteiger partial charge in [0.05, 0.1) is 0 Å². The summed E-state index contributed by atoms with van der Waals surface area (Å²) in [6.07, 6.45) is -1.24. The highest BCUT2D eigenvalue weighted by Crippen LogP contribution is 2.37. The summed E-state index contributed by atoms with van der Waals surface area (Å²) in [5, 5.41) is 19.9. The number of ether oxygens (including phenoxy) is 1. The number of rotatable bonds is 8. The molecule has 5 rings (SSSR count). The number of nitrogens with one attached hydrogen (secondary N) is 2. The van der Waals surface area contributed by atoms with Gasteiger partial charge in [-0.15, -0.1) is 0 Å². The first-order valence-electron chi connectivity index (χ1n) is 13.8. The van der Waals surface area contributed by atoms with Crippen LogP contribution in [0.1, 0.15) is 36.8 Å². The lowest BCUT2D eigenvalue weighted by Gasteiger charge is -2.47. The van der Waals surface area contributed by atoms with E-state index in [0.29, 0.717) is 45.4 Å². The highest BCUT2D eigenvalue weighted by molar-refractivity contribution is 6.31. The van der Waals surface area contributed by atoms with Crippen molar-refractivity contribution in [1.82, 2.24) is 15.4 Å². The van der Waals surface area contributed by atoms with Crippen molar-refractivity contribution in [3.8, 4) is 22.5 Å². The average Bonchev–Trinajstić information content (AvgIpc) is 3.32. The van der Waals surface area contributed by atoms with Crippen molar-refractivity contribution in [2.24, 2.45) is 0 Å². The Kier molecular flexibility index (Phi) is 8.40. The molecular formula is C32H31ClN4O6. The Bertz CT molecular complexity index is 1650. The van der Waals surface area contributed by atoms with Crippen LogP contribution in [0.2, 0.25) is 5.02 Å². The maximum atomic E-state index is 12.7. The number of aliphatic carboxylic acids is 1. The predicted octanol–water partition coefficient (Wildman–Crippen LogP) is 6.65. The quantitative estimate of drug-likeness (QED) is 0.206. The molecule has 1 saturated heterocycles. The molecule has 1 aromatic heterocycles. The maximum Gasteiger partial charge on any atom is 0.412 e. The maximum absolute atomic E-state index is 12.7. The van der Waals surface area contributed by atoms with Gasteiger partial charge in [0.15, 0.2) is 5.76 Å². The highest BCUT2D eigenvalue weighted by Gasteiger charge is 2.52. The summed E-state index contributed by atoms with van der Waals surface area (Å²) in [7, 11) is 0. The number of urea groups is 1. The van der Waals surface area contributed by atoms with Crippen molar-refractivity contribution >= 4 is 35.4 Å². The van der Waals surface area contributed by atoms with E-state index in [2.05, 4.69) is 15.8 Å². The van der Waals surface area contributed by atoms with Crippen LogP contribution in [0, 0.1) is 6.92 Å². The van der Waals surface area contributed by atoms with Crippen molar-refractivity contribution in [3.05, 3.63) is 94.6 Å². The summed E-state index contributed by atoms with van der Waals surface area (Å²) < 4.78 is 11.1. The summed E-state index contributed by atoms with van der Waals surface area (Å²) >= 11 is 6.23. The monoisotopic (exact) mass is 602 g/mol. The average molecular weight is 603 g/mol. The highest BCUT2D eigenvalue weighted by atomic mass is 35.5. The zero-order valence-corrected chi connectivity index (χ0v) is 24.6. The molecule has 0 radical (unpaired) electrons. The zero-order valence-electron chi connectivity index (χ0n) is 23.9. The number of carbonyl (C=O) groups is 3. The first-order chi connectivity index (χ1) is 20.6. The van der Waals surface area contributed by atoms with Gasteiger partial charge >= 0.3 is 18.1 Å². The molecule has 11 heteroatoms. The lowest BCUT2D eigenvalue weighted by molar-refractivity contribution is -0.149. The number of carbonyl (C=O) groups excluding carboxylic acids is 2. The Morgan fingerprint density at radius 2 is 1.63 bits per heavy atom. The van der Waals surface area contributed by atoms with E-state index in [0.717, 1.165) is 11.1 Å². The third-order valence-electron chi connectivity index (χ3n) is 7.58. The predicted molar refractivity (Wildman–Crippen MR) is 162 cm³/mol. The molecule has 3 aromatic carbocycles. The van der Waals surface area contributed by atoms with Crippen LogP contribution in [-0.4, -0.2) is 52.9 Å². The van der Waals surface area contributed by atoms with Crippen molar-refractivity contribution in [3.63, 3.8) is 0 Å². The molecule has 1 fully saturated rings. The van der Waals surface area contributed by atoms with Crippen LogP contribution in [0.3, 0.4) is 0 Å². The second-order valence-electron chi connectivity index (χ2n) is 10.4. The molecule has 222 valence electrons. The zero-order chi connectivity index (χ0) is 30.7. The molecule has 0 aliphatic carbocycles. The minimum atomic E-state index is -1.13. The molecule has 3 N–H and O–H groups in total. The standard InChI is InChI=1S/C32H31ClN4O6/c1-4-34-30(40)37-17-32(18-37,29(38)39)24-15-13-22(14-16-24)21-9-11-23(12-10-21)28-27(19(2)36-43-28)35-31(41)42-20(3)25-7-5-6-8-26(25)33/h5-16,20H,4,17-18H2,1-3H3,(H,34,40)(H,35,41)(H,38,39)/t20-/m1/s1. The Labute approximate surface area is 253 Å². The van der Waals surface area contributed by atoms with Crippen LogP contribution >= 0.6 is 11.6 Å². The van der Waals surface area contributed by atoms with E-state index in [1.54, 1.807) is 44.2 Å². The molecule has 43 heavy (non-hydrogen) atoms. The molecule has 1 atom stereocenters. The van der Waals surface area contributed by atoms with E-state index >= 15 is 0 Å². The Balaban J connectivity index is 1.28. The molecule has 0 unspecified atom stereocenters. The van der Waals surface area contributed by atoms with Crippen LogP contribution in [0.15, 0.2) is 77.3 Å². The Morgan fingerprint density at radius 3 is 2.23 bits per heavy atom. The largest absolute Gasteiger partial charge is 0.480 e. The topological polar surface area (TPSA) is 134 Å². The van der Waals surface area contributed by atoms with Gasteiger partial charge < -0.3 is 24.6 Å². The van der Waals surface area contributed by atoms with Crippen LogP contribution in [-0.2, 0) is 14.9 Å². The lowest BCUT2D eigenvalue weighted by atomic mass is 9.73. The van der Waals surface area contributed by atoms with Gasteiger partial charge in [-0.1, -0.05) is 83.5 Å². The van der Waals surface area contributed by atoms with Gasteiger partial charge in [0.25, 0.3) is 0 Å². The van der Waals surface area contributed by atoms with Crippen molar-refractivity contribution in [2.45, 2.75) is 32.3 Å². The third kappa shape index (κ3) is 5.91. The van der Waals surface area contributed by atoms with Crippen LogP contribution in [0.4, 0.5) is 15.3 Å². The molecule has 3 amide bonds. The van der Waals surface area contributed by atoms with Crippen LogP contribution < -0.4 is 10.6 Å². The molecule has 0 saturated carbocycles. The molecule has 0 bridgehead atoms. The fourth-order valence-electron chi connectivity index (χ4n) is 5.12. The van der Waals surface area contributed by atoms with Gasteiger partial charge in [0.1, 0.15) is 22.9 Å². The van der Waals surface area contributed by atoms with Gasteiger partial charge in [-0.05, 0) is 43.5 Å². The van der Waals surface area contributed by atoms with Gasteiger partial charge in [0.2, 0.25) is 0 Å². The Morgan fingerprint density at radius 1 is 1.02 bits per heavy atom. The molecule has 1 aliphatic heterocycles. The number of hydrogen-bond donors (Lipinski definition) is 3. The normalized spacial score (nSPS) is 14.4. The fourth-order valence-corrected chi connectivity index (χ4v) is 5.41. The van der Waals surface area contributed by atoms with Gasteiger partial charge in [-0.2, -0.15) is 0 Å². The van der Waals surface area contributed by atoms with E-state index < -0.39 is 23.6 Å². The number of carboxylic acid groups (broad SMARTS) is 1. The minimum Gasteiger partial charge on any atom is -0.480 e. The summed E-state index contributed by atoms with van der Waals surface area (Å²) in [5.74, 6) is -0.578. The van der Waals surface area contributed by atoms with Gasteiger partial charge in [0, 0.05) is 35.8 Å². The van der Waals surface area contributed by atoms with Crippen molar-refractivity contribution in [1.29, 1.82) is 0 Å². The van der Waals surface area contributed by atoms with E-state index in [4.69, 9.17) is 20.9 Å². The van der Waals surface area contributed by atoms with E-state index in [-0.39, 0.29) is 19.1 Å². The molecule has 10 nitrogen and oxygen atoms in total. The number of hydrogen-bond acceptors (Lipinski definition) is 6. The number of benzene rings is 3. The van der Waals surface area contributed by atoms with E-state index in [1.165, 1.54) is 4.90 Å². The second kappa shape index (κ2) is 12.2. The summed E-state index contributed by atoms with van der Waals surface area (Å²) in [6.45, 7) is 5.98. The Hall–Kier alpha value is -4.83. The summed E-state index contributed by atoms with van der Waals surface area (Å²) in [5.41, 5.74) is 3.58. The van der Waals surface area contributed by atoms with Gasteiger partial charge in [-0.3, -0.25) is 10.1 Å². The first-order valence-corrected chi connectivity index (χ1v) is 14.2. The number of halogens is 1. The number of anilines is 1. The summed E-state index contributed by atoms with van der Waals surface area (Å²) in [6, 6.07) is 21.7. The molecule has 1 aliphatic rings. The van der Waals surface area contributed by atoms with Gasteiger partial charge in [-0.25, -0.2) is 9.59 Å². The number of carboxylic acids is 1. The molecule has 4 aromatic rings. The smallest absolute Gasteiger partial charge is 0.412 e. The number of likely N-dealkylation sites (tertiary alicyclic amines) is 1. The second-order valence-corrected chi connectivity index (χ2v) is 10.8. The third-order valence-corrected chi connectivity index (χ3v) is 7.93. The first kappa shape index (κ1) is 29.7. The molecular weight excluding hydrogens is 572 g/mol. The van der Waals surface area contributed by atoms with Crippen LogP contribution in [0.5, 0.6) is 0 Å². The number of nitrogens with zero attached hydrogens (tertiary/aromatic N) is 2. The van der Waals surface area contributed by atoms with E-state index in [1.807, 2.05) is 49.4 Å². The SMILES string of the molecule is CCNC(=O)N1CC(C(=O)O)(c2ccc(-c3ccc(-c4onc(C)c4NC(=O)O[C@H](C)c4ccccc4Cl)cc3)cc2)C1. The fraction of sp³-hybridized carbons (Fsp3) is 0.250. The molecule has 2 heterocycles. The van der Waals surface area contributed by atoms with E-state index in [9.17, 15) is 19.5 Å². The number of amides is 3. The summed E-state index contributed by atoms with van der Waals surface area (Å²) in [4.78, 5) is 38.5. The lowest BCUT2D eigenvalue weighted by Crippen LogP contribution is -2.66. The number of aromatic nitrogens is 1. The van der Waals surface area contributed by atoms with Crippen molar-refractivity contribution in [2.75, 3.05) is 25.0 Å². The van der Waals surface area contributed by atoms with Crippen LogP contribution in [0.25, 0.3) is 22.5 Å². The van der Waals surface area contributed by atoms with Crippen molar-refractivity contribution < 1.29 is 28.8 Å². The minimum absolute atomic E-state index is 0.113. The molecule has 0 spiro atoms.